The molecule has 0 spiro atoms. The van der Waals surface area contributed by atoms with Crippen LogP contribution in [0.3, 0.4) is 0 Å². The molecular weight excluding hydrogens is 188 g/mol. The molecule has 5 heteroatoms. The third-order valence-corrected chi connectivity index (χ3v) is 1.80. The number of halogens is 2. The highest BCUT2D eigenvalue weighted by Crippen LogP contribution is 2.18. The lowest BCUT2D eigenvalue weighted by Crippen LogP contribution is -2.00. The topological polar surface area (TPSA) is 30.7 Å². The van der Waals surface area contributed by atoms with Crippen molar-refractivity contribution in [1.29, 1.82) is 0 Å². The Hall–Kier alpha value is -1.78. The van der Waals surface area contributed by atoms with Gasteiger partial charge in [-0.25, -0.2) is 8.78 Å². The summed E-state index contributed by atoms with van der Waals surface area (Å²) in [6, 6.07) is 8.79. The summed E-state index contributed by atoms with van der Waals surface area (Å²) >= 11 is 0. The molecule has 0 N–H and O–H groups in total. The zero-order chi connectivity index (χ0) is 9.97. The van der Waals surface area contributed by atoms with E-state index >= 15 is 0 Å². The van der Waals surface area contributed by atoms with Crippen LogP contribution < -0.4 is 0 Å². The summed E-state index contributed by atoms with van der Waals surface area (Å²) in [6.07, 6.45) is -1.34. The molecule has 72 valence electrons. The van der Waals surface area contributed by atoms with Crippen LogP contribution >= 0.6 is 0 Å². The Morgan fingerprint density at radius 3 is 2.50 bits per heavy atom. The fourth-order valence-electron chi connectivity index (χ4n) is 1.18. The molecule has 0 amide bonds. The Labute approximate surface area is 79.0 Å². The normalized spacial score (nSPS) is 10.8. The Balaban J connectivity index is 2.47. The second-order valence-electron chi connectivity index (χ2n) is 2.70. The lowest BCUT2D eigenvalue weighted by atomic mass is 10.3. The number of hydrogen-bond acceptors (Lipinski definition) is 2. The Kier molecular flexibility index (Phi) is 2.22. The quantitative estimate of drug-likeness (QED) is 0.735. The van der Waals surface area contributed by atoms with Crippen molar-refractivity contribution in [1.82, 2.24) is 14.8 Å². The molecule has 0 fully saturated rings. The third-order valence-electron chi connectivity index (χ3n) is 1.80. The van der Waals surface area contributed by atoms with Gasteiger partial charge in [-0.3, -0.25) is 4.57 Å². The van der Waals surface area contributed by atoms with Gasteiger partial charge in [-0.05, 0) is 12.1 Å². The van der Waals surface area contributed by atoms with Crippen LogP contribution in [-0.2, 0) is 0 Å². The van der Waals surface area contributed by atoms with Crippen molar-refractivity contribution in [2.45, 2.75) is 6.43 Å². The number of para-hydroxylation sites is 1. The highest BCUT2D eigenvalue weighted by atomic mass is 19.3. The molecule has 1 aromatic heterocycles. The van der Waals surface area contributed by atoms with E-state index < -0.39 is 6.43 Å². The van der Waals surface area contributed by atoms with Crippen LogP contribution in [0.15, 0.2) is 36.7 Å². The van der Waals surface area contributed by atoms with Gasteiger partial charge in [-0.15, -0.1) is 10.2 Å². The monoisotopic (exact) mass is 195 g/mol. The van der Waals surface area contributed by atoms with Gasteiger partial charge in [0, 0.05) is 5.69 Å². The summed E-state index contributed by atoms with van der Waals surface area (Å²) in [5.74, 6) is -0.337. The number of benzene rings is 1. The highest BCUT2D eigenvalue weighted by molar-refractivity contribution is 5.32. The van der Waals surface area contributed by atoms with Crippen molar-refractivity contribution in [2.24, 2.45) is 0 Å². The average molecular weight is 195 g/mol. The van der Waals surface area contributed by atoms with E-state index in [4.69, 9.17) is 0 Å². The first-order chi connectivity index (χ1) is 6.79. The van der Waals surface area contributed by atoms with Crippen LogP contribution in [0, 0.1) is 0 Å². The predicted molar refractivity (Wildman–Crippen MR) is 46.3 cm³/mol. The molecule has 0 aliphatic rings. The molecule has 0 radical (unpaired) electrons. The lowest BCUT2D eigenvalue weighted by molar-refractivity contribution is 0.138. The SMILES string of the molecule is FC(F)c1nncn1-c1ccccc1. The van der Waals surface area contributed by atoms with E-state index in [2.05, 4.69) is 10.2 Å². The van der Waals surface area contributed by atoms with E-state index in [0.29, 0.717) is 5.69 Å². The number of rotatable bonds is 2. The number of alkyl halides is 2. The predicted octanol–water partition coefficient (Wildman–Crippen LogP) is 2.20. The zero-order valence-electron chi connectivity index (χ0n) is 7.14. The summed E-state index contributed by atoms with van der Waals surface area (Å²) in [5, 5.41) is 6.81. The molecule has 0 saturated carbocycles. The van der Waals surface area contributed by atoms with Gasteiger partial charge in [0.25, 0.3) is 6.43 Å². The van der Waals surface area contributed by atoms with Gasteiger partial charge in [0.05, 0.1) is 0 Å². The maximum absolute atomic E-state index is 12.4. The molecular formula is C9H7F2N3. The molecule has 1 heterocycles. The molecule has 0 aliphatic heterocycles. The fourth-order valence-corrected chi connectivity index (χ4v) is 1.18. The van der Waals surface area contributed by atoms with E-state index in [-0.39, 0.29) is 5.82 Å². The van der Waals surface area contributed by atoms with Crippen LogP contribution in [-0.4, -0.2) is 14.8 Å². The number of nitrogens with zero attached hydrogens (tertiary/aromatic N) is 3. The van der Waals surface area contributed by atoms with E-state index in [9.17, 15) is 8.78 Å². The molecule has 14 heavy (non-hydrogen) atoms. The van der Waals surface area contributed by atoms with E-state index in [0.717, 1.165) is 0 Å². The molecule has 0 unspecified atom stereocenters. The standard InChI is InChI=1S/C9H7F2N3/c10-8(11)9-13-12-6-14(9)7-4-2-1-3-5-7/h1-6,8H. The van der Waals surface area contributed by atoms with Gasteiger partial charge < -0.3 is 0 Å². The van der Waals surface area contributed by atoms with Crippen molar-refractivity contribution in [3.05, 3.63) is 42.5 Å². The van der Waals surface area contributed by atoms with Crippen molar-refractivity contribution >= 4 is 0 Å². The maximum atomic E-state index is 12.4. The average Bonchev–Trinajstić information content (AvgIpc) is 2.67. The van der Waals surface area contributed by atoms with Crippen LogP contribution in [0.5, 0.6) is 0 Å². The van der Waals surface area contributed by atoms with E-state index in [1.165, 1.54) is 10.9 Å². The first kappa shape index (κ1) is 8.80. The van der Waals surface area contributed by atoms with Crippen molar-refractivity contribution in [3.63, 3.8) is 0 Å². The zero-order valence-corrected chi connectivity index (χ0v) is 7.14. The smallest absolute Gasteiger partial charge is 0.281 e. The van der Waals surface area contributed by atoms with Gasteiger partial charge in [-0.2, -0.15) is 0 Å². The molecule has 2 rings (SSSR count). The summed E-state index contributed by atoms with van der Waals surface area (Å²) < 4.78 is 26.1. The van der Waals surface area contributed by atoms with E-state index in [1.54, 1.807) is 24.3 Å². The molecule has 0 aliphatic carbocycles. The first-order valence-corrected chi connectivity index (χ1v) is 4.02. The second kappa shape index (κ2) is 3.53. The summed E-state index contributed by atoms with van der Waals surface area (Å²) in [7, 11) is 0. The van der Waals surface area contributed by atoms with Gasteiger partial charge in [0.1, 0.15) is 6.33 Å². The summed E-state index contributed by atoms with van der Waals surface area (Å²) in [4.78, 5) is 0. The molecule has 0 saturated heterocycles. The van der Waals surface area contributed by atoms with Crippen LogP contribution in [0.1, 0.15) is 12.2 Å². The Bertz CT molecular complexity index is 411. The van der Waals surface area contributed by atoms with Crippen molar-refractivity contribution in [3.8, 4) is 5.69 Å². The van der Waals surface area contributed by atoms with Crippen LogP contribution in [0.2, 0.25) is 0 Å². The Morgan fingerprint density at radius 1 is 1.14 bits per heavy atom. The highest BCUT2D eigenvalue weighted by Gasteiger charge is 2.15. The minimum Gasteiger partial charge on any atom is -0.281 e. The van der Waals surface area contributed by atoms with Gasteiger partial charge in [0.15, 0.2) is 0 Å². The van der Waals surface area contributed by atoms with Crippen LogP contribution in [0.25, 0.3) is 5.69 Å². The second-order valence-corrected chi connectivity index (χ2v) is 2.70. The third kappa shape index (κ3) is 1.48. The van der Waals surface area contributed by atoms with Crippen molar-refractivity contribution < 1.29 is 8.78 Å². The fraction of sp³-hybridized carbons (Fsp3) is 0.111. The summed E-state index contributed by atoms with van der Waals surface area (Å²) in [5.41, 5.74) is 0.632. The van der Waals surface area contributed by atoms with Crippen LogP contribution in [0.4, 0.5) is 8.78 Å². The largest absolute Gasteiger partial charge is 0.297 e. The minimum atomic E-state index is -2.61. The lowest BCUT2D eigenvalue weighted by Gasteiger charge is -2.04. The minimum absolute atomic E-state index is 0.337. The molecule has 2 aromatic rings. The Morgan fingerprint density at radius 2 is 1.86 bits per heavy atom. The molecule has 3 nitrogen and oxygen atoms in total. The first-order valence-electron chi connectivity index (χ1n) is 4.02. The maximum Gasteiger partial charge on any atom is 0.297 e. The molecule has 0 atom stereocenters. The number of aromatic nitrogens is 3. The van der Waals surface area contributed by atoms with Gasteiger partial charge in [-0.1, -0.05) is 18.2 Å². The molecule has 1 aromatic carbocycles. The van der Waals surface area contributed by atoms with Gasteiger partial charge in [0.2, 0.25) is 5.82 Å². The molecule has 0 bridgehead atoms. The van der Waals surface area contributed by atoms with Gasteiger partial charge >= 0.3 is 0 Å². The van der Waals surface area contributed by atoms with Crippen molar-refractivity contribution in [2.75, 3.05) is 0 Å². The summed E-state index contributed by atoms with van der Waals surface area (Å²) in [6.45, 7) is 0. The number of hydrogen-bond donors (Lipinski definition) is 0. The van der Waals surface area contributed by atoms with E-state index in [1.807, 2.05) is 6.07 Å².